The maximum Gasteiger partial charge on any atom is 0.511 e. The molecule has 3 nitrogen and oxygen atoms in total. The van der Waals surface area contributed by atoms with Gasteiger partial charge in [-0.1, -0.05) is 57.2 Å². The fourth-order valence-electron chi connectivity index (χ4n) is 2.24. The van der Waals surface area contributed by atoms with Gasteiger partial charge in [0.15, 0.2) is 0 Å². The van der Waals surface area contributed by atoms with Gasteiger partial charge in [-0.2, -0.15) is 0 Å². The first kappa shape index (κ1) is 15.5. The fraction of sp³-hybridized carbons (Fsp3) is 0.562. The molecule has 0 amide bonds. The van der Waals surface area contributed by atoms with Crippen molar-refractivity contribution in [2.45, 2.75) is 58.8 Å². The molecule has 0 aromatic heterocycles. The van der Waals surface area contributed by atoms with E-state index in [9.17, 15) is 4.79 Å². The first-order valence-corrected chi connectivity index (χ1v) is 7.14. The van der Waals surface area contributed by atoms with Gasteiger partial charge >= 0.3 is 6.16 Å². The van der Waals surface area contributed by atoms with E-state index < -0.39 is 6.16 Å². The van der Waals surface area contributed by atoms with E-state index in [0.29, 0.717) is 5.75 Å². The summed E-state index contributed by atoms with van der Waals surface area (Å²) in [5.74, 6) is 0.517. The van der Waals surface area contributed by atoms with Crippen molar-refractivity contribution in [1.29, 1.82) is 0 Å². The lowest BCUT2D eigenvalue weighted by Crippen LogP contribution is -2.06. The highest BCUT2D eigenvalue weighted by Crippen LogP contribution is 2.25. The number of ether oxygens (including phenoxy) is 1. The van der Waals surface area contributed by atoms with Crippen LogP contribution in [-0.2, 0) is 6.42 Å². The Kier molecular flexibility index (Phi) is 7.01. The number of unbranched alkanes of at least 4 members (excludes halogenated alkanes) is 5. The molecule has 0 aliphatic rings. The minimum absolute atomic E-state index is 0.517. The van der Waals surface area contributed by atoms with Gasteiger partial charge in [0, 0.05) is 0 Å². The van der Waals surface area contributed by atoms with Crippen LogP contribution < -0.4 is 4.74 Å². The molecule has 0 saturated carbocycles. The molecule has 0 aliphatic carbocycles. The monoisotopic (exact) mass is 264 g/mol. The summed E-state index contributed by atoms with van der Waals surface area (Å²) < 4.78 is 4.89. The molecule has 0 aliphatic heterocycles. The van der Waals surface area contributed by atoms with E-state index in [-0.39, 0.29) is 0 Å². The second kappa shape index (κ2) is 8.57. The number of rotatable bonds is 8. The summed E-state index contributed by atoms with van der Waals surface area (Å²) in [4.78, 5) is 10.7. The lowest BCUT2D eigenvalue weighted by molar-refractivity contribution is 0.143. The molecular formula is C16H24O3. The van der Waals surface area contributed by atoms with Crippen LogP contribution >= 0.6 is 0 Å². The van der Waals surface area contributed by atoms with Gasteiger partial charge in [-0.25, -0.2) is 4.79 Å². The van der Waals surface area contributed by atoms with Gasteiger partial charge in [0.25, 0.3) is 0 Å². The van der Waals surface area contributed by atoms with Gasteiger partial charge in [0.05, 0.1) is 0 Å². The second-order valence-corrected chi connectivity index (χ2v) is 4.95. The van der Waals surface area contributed by atoms with Crippen LogP contribution in [0.2, 0.25) is 0 Å². The van der Waals surface area contributed by atoms with Crippen LogP contribution in [-0.4, -0.2) is 11.3 Å². The zero-order chi connectivity index (χ0) is 14.1. The topological polar surface area (TPSA) is 46.5 Å². The van der Waals surface area contributed by atoms with E-state index in [1.165, 1.54) is 32.1 Å². The van der Waals surface area contributed by atoms with E-state index in [1.54, 1.807) is 0 Å². The van der Waals surface area contributed by atoms with Crippen molar-refractivity contribution in [3.8, 4) is 5.75 Å². The Balaban J connectivity index is 2.48. The molecule has 106 valence electrons. The molecular weight excluding hydrogens is 240 g/mol. The molecule has 1 aromatic carbocycles. The third-order valence-corrected chi connectivity index (χ3v) is 3.28. The molecule has 1 rings (SSSR count). The van der Waals surface area contributed by atoms with Gasteiger partial charge in [0.1, 0.15) is 5.75 Å². The Hall–Kier alpha value is -1.51. The van der Waals surface area contributed by atoms with Crippen LogP contribution in [0.15, 0.2) is 18.2 Å². The Bertz CT molecular complexity index is 399. The van der Waals surface area contributed by atoms with Crippen LogP contribution in [0.5, 0.6) is 5.75 Å². The van der Waals surface area contributed by atoms with Gasteiger partial charge < -0.3 is 9.84 Å². The average molecular weight is 264 g/mol. The summed E-state index contributed by atoms with van der Waals surface area (Å²) in [7, 11) is 0. The number of para-hydroxylation sites is 1. The van der Waals surface area contributed by atoms with Crippen LogP contribution in [0, 0.1) is 6.92 Å². The van der Waals surface area contributed by atoms with Crippen molar-refractivity contribution in [1.82, 2.24) is 0 Å². The third kappa shape index (κ3) is 5.77. The molecule has 0 heterocycles. The average Bonchev–Trinajstić information content (AvgIpc) is 2.37. The molecule has 19 heavy (non-hydrogen) atoms. The molecule has 0 bridgehead atoms. The van der Waals surface area contributed by atoms with Crippen molar-refractivity contribution in [3.63, 3.8) is 0 Å². The quantitative estimate of drug-likeness (QED) is 0.410. The maximum absolute atomic E-state index is 10.7. The first-order valence-electron chi connectivity index (χ1n) is 7.14. The molecule has 0 atom stereocenters. The highest BCUT2D eigenvalue weighted by atomic mass is 16.7. The Morgan fingerprint density at radius 3 is 2.53 bits per heavy atom. The number of carbonyl (C=O) groups is 1. The number of hydrogen-bond acceptors (Lipinski definition) is 2. The zero-order valence-electron chi connectivity index (χ0n) is 11.9. The zero-order valence-corrected chi connectivity index (χ0v) is 11.9. The molecule has 1 aromatic rings. The number of benzene rings is 1. The highest BCUT2D eigenvalue weighted by molar-refractivity contribution is 5.63. The minimum atomic E-state index is -1.24. The van der Waals surface area contributed by atoms with Crippen molar-refractivity contribution < 1.29 is 14.6 Å². The summed E-state index contributed by atoms with van der Waals surface area (Å²) >= 11 is 0. The summed E-state index contributed by atoms with van der Waals surface area (Å²) in [6.45, 7) is 4.09. The molecule has 0 unspecified atom stereocenters. The first-order chi connectivity index (χ1) is 9.15. The van der Waals surface area contributed by atoms with Crippen LogP contribution in [0.25, 0.3) is 0 Å². The predicted octanol–water partition coefficient (Wildman–Crippen LogP) is 4.95. The fourth-order valence-corrected chi connectivity index (χ4v) is 2.24. The summed E-state index contributed by atoms with van der Waals surface area (Å²) in [5, 5.41) is 8.76. The summed E-state index contributed by atoms with van der Waals surface area (Å²) in [5.41, 5.74) is 1.88. The van der Waals surface area contributed by atoms with Gasteiger partial charge in [-0.3, -0.25) is 0 Å². The van der Waals surface area contributed by atoms with E-state index >= 15 is 0 Å². The van der Waals surface area contributed by atoms with E-state index in [0.717, 1.165) is 24.0 Å². The predicted molar refractivity (Wildman–Crippen MR) is 76.9 cm³/mol. The largest absolute Gasteiger partial charge is 0.511 e. The van der Waals surface area contributed by atoms with Gasteiger partial charge in [-0.05, 0) is 30.9 Å². The normalized spacial score (nSPS) is 10.4. The van der Waals surface area contributed by atoms with Crippen molar-refractivity contribution >= 4 is 6.16 Å². The van der Waals surface area contributed by atoms with E-state index in [1.807, 2.05) is 25.1 Å². The summed E-state index contributed by atoms with van der Waals surface area (Å²) in [6, 6.07) is 5.79. The van der Waals surface area contributed by atoms with Gasteiger partial charge in [-0.15, -0.1) is 0 Å². The second-order valence-electron chi connectivity index (χ2n) is 4.95. The maximum atomic E-state index is 10.7. The van der Waals surface area contributed by atoms with Crippen molar-refractivity contribution in [2.24, 2.45) is 0 Å². The molecule has 3 heteroatoms. The van der Waals surface area contributed by atoms with Crippen LogP contribution in [0.4, 0.5) is 4.79 Å². The van der Waals surface area contributed by atoms with Crippen molar-refractivity contribution in [3.05, 3.63) is 29.3 Å². The number of aryl methyl sites for hydroxylation is 2. The number of carboxylic acid groups (broad SMARTS) is 1. The Morgan fingerprint density at radius 1 is 1.16 bits per heavy atom. The molecule has 0 saturated heterocycles. The Morgan fingerprint density at radius 2 is 1.84 bits per heavy atom. The standard InChI is InChI=1S/C16H24O3/c1-3-4-5-6-7-8-11-14-12-9-10-13(2)15(14)19-16(17)18/h9-10,12H,3-8,11H2,1-2H3,(H,17,18). The molecule has 0 spiro atoms. The van der Waals surface area contributed by atoms with Crippen LogP contribution in [0.1, 0.15) is 56.6 Å². The van der Waals surface area contributed by atoms with E-state index in [2.05, 4.69) is 6.92 Å². The van der Waals surface area contributed by atoms with Crippen molar-refractivity contribution in [2.75, 3.05) is 0 Å². The smallest absolute Gasteiger partial charge is 0.449 e. The third-order valence-electron chi connectivity index (χ3n) is 3.28. The summed E-state index contributed by atoms with van der Waals surface area (Å²) in [6.07, 6.45) is 7.04. The SMILES string of the molecule is CCCCCCCCc1cccc(C)c1OC(=O)O. The molecule has 1 N–H and O–H groups in total. The number of hydrogen-bond donors (Lipinski definition) is 1. The lowest BCUT2D eigenvalue weighted by atomic mass is 10.0. The van der Waals surface area contributed by atoms with Gasteiger partial charge in [0.2, 0.25) is 0 Å². The van der Waals surface area contributed by atoms with E-state index in [4.69, 9.17) is 9.84 Å². The van der Waals surface area contributed by atoms with Crippen LogP contribution in [0.3, 0.4) is 0 Å². The Labute approximate surface area is 115 Å². The highest BCUT2D eigenvalue weighted by Gasteiger charge is 2.10. The molecule has 0 fully saturated rings. The lowest BCUT2D eigenvalue weighted by Gasteiger charge is -2.10. The minimum Gasteiger partial charge on any atom is -0.449 e. The molecule has 0 radical (unpaired) electrons.